The highest BCUT2D eigenvalue weighted by Gasteiger charge is 2.72. The summed E-state index contributed by atoms with van der Waals surface area (Å²) in [6.07, 6.45) is -10.4. The number of rotatable bonds is 2. The van der Waals surface area contributed by atoms with Crippen LogP contribution in [0.3, 0.4) is 0 Å². The summed E-state index contributed by atoms with van der Waals surface area (Å²) in [6, 6.07) is 0. The molecule has 0 N–H and O–H groups in total. The number of hydrogen-bond donors (Lipinski definition) is 0. The number of halogens is 9. The average Bonchev–Trinajstić information content (AvgIpc) is 1.84. The number of alkyl halides is 9. The molecule has 0 radical (unpaired) electrons. The second kappa shape index (κ2) is 3.34. The van der Waals surface area contributed by atoms with Crippen molar-refractivity contribution < 1.29 is 30.7 Å². The van der Waals surface area contributed by atoms with Crippen LogP contribution in [-0.4, -0.2) is 22.9 Å². The summed E-state index contributed by atoms with van der Waals surface area (Å²) >= 11 is 7.92. The monoisotopic (exact) mass is 252 g/mol. The van der Waals surface area contributed by atoms with Gasteiger partial charge in [0.1, 0.15) is 0 Å². The third-order valence-electron chi connectivity index (χ3n) is 1.05. The van der Waals surface area contributed by atoms with Crippen molar-refractivity contribution in [3.05, 3.63) is 0 Å². The van der Waals surface area contributed by atoms with Gasteiger partial charge in [0.25, 0.3) is 11.6 Å². The fourth-order valence-electron chi connectivity index (χ4n) is 0.326. The maximum absolute atomic E-state index is 12.3. The third-order valence-corrected chi connectivity index (χ3v) is 2.06. The Labute approximate surface area is 77.6 Å². The molecule has 0 aliphatic carbocycles. The second-order valence-electron chi connectivity index (χ2n) is 2.00. The van der Waals surface area contributed by atoms with Gasteiger partial charge in [-0.25, -0.2) is 17.6 Å². The summed E-state index contributed by atoms with van der Waals surface area (Å²) in [5.74, 6) is 0. The van der Waals surface area contributed by atoms with Crippen LogP contribution in [0.15, 0.2) is 0 Å². The zero-order valence-electron chi connectivity index (χ0n) is 5.48. The molecule has 0 spiro atoms. The molecule has 0 nitrogen and oxygen atoms in total. The van der Waals surface area contributed by atoms with E-state index in [1.54, 1.807) is 0 Å². The standard InChI is InChI=1S/C4HCl2F7/c5-2(9,1(7)8)3(6,10)4(11,12)13/h1H. The van der Waals surface area contributed by atoms with Gasteiger partial charge in [0.2, 0.25) is 0 Å². The Morgan fingerprint density at radius 3 is 1.23 bits per heavy atom. The molecule has 13 heavy (non-hydrogen) atoms. The smallest absolute Gasteiger partial charge is 0.214 e. The Balaban J connectivity index is 5.04. The van der Waals surface area contributed by atoms with E-state index in [9.17, 15) is 30.7 Å². The lowest BCUT2D eigenvalue weighted by atomic mass is 10.2. The molecule has 0 aromatic carbocycles. The highest BCUT2D eigenvalue weighted by atomic mass is 35.5. The van der Waals surface area contributed by atoms with Crippen molar-refractivity contribution in [2.45, 2.75) is 22.9 Å². The quantitative estimate of drug-likeness (QED) is 0.520. The van der Waals surface area contributed by atoms with E-state index in [2.05, 4.69) is 23.2 Å². The van der Waals surface area contributed by atoms with E-state index in [0.29, 0.717) is 0 Å². The van der Waals surface area contributed by atoms with Gasteiger partial charge in [0.05, 0.1) is 0 Å². The highest BCUT2D eigenvalue weighted by molar-refractivity contribution is 6.33. The van der Waals surface area contributed by atoms with Crippen LogP contribution in [-0.2, 0) is 0 Å². The average molecular weight is 253 g/mol. The van der Waals surface area contributed by atoms with E-state index in [1.165, 1.54) is 0 Å². The van der Waals surface area contributed by atoms with Crippen LogP contribution in [0, 0.1) is 0 Å². The maximum Gasteiger partial charge on any atom is 0.441 e. The van der Waals surface area contributed by atoms with Crippen molar-refractivity contribution in [2.75, 3.05) is 0 Å². The van der Waals surface area contributed by atoms with Crippen LogP contribution in [0.4, 0.5) is 30.7 Å². The van der Waals surface area contributed by atoms with Crippen LogP contribution < -0.4 is 0 Å². The Hall–Kier alpha value is 0.0900. The van der Waals surface area contributed by atoms with Gasteiger partial charge in [-0.2, -0.15) is 13.2 Å². The first-order chi connectivity index (χ1) is 5.44. The molecule has 0 amide bonds. The highest BCUT2D eigenvalue weighted by Crippen LogP contribution is 2.51. The molecule has 0 aliphatic heterocycles. The fourth-order valence-corrected chi connectivity index (χ4v) is 0.516. The molecule has 0 saturated carbocycles. The van der Waals surface area contributed by atoms with E-state index < -0.39 is 22.9 Å². The third kappa shape index (κ3) is 2.12. The van der Waals surface area contributed by atoms with Crippen molar-refractivity contribution in [3.63, 3.8) is 0 Å². The summed E-state index contributed by atoms with van der Waals surface area (Å²) in [5, 5.41) is -10.3. The Kier molecular flexibility index (Phi) is 3.37. The van der Waals surface area contributed by atoms with Crippen LogP contribution in [0.25, 0.3) is 0 Å². The molecular weight excluding hydrogens is 252 g/mol. The lowest BCUT2D eigenvalue weighted by Gasteiger charge is -2.30. The minimum Gasteiger partial charge on any atom is -0.214 e. The maximum atomic E-state index is 12.3. The zero-order chi connectivity index (χ0) is 11.1. The molecule has 0 aromatic rings. The van der Waals surface area contributed by atoms with E-state index >= 15 is 0 Å². The molecular formula is C4HCl2F7. The fraction of sp³-hybridized carbons (Fsp3) is 1.00. The van der Waals surface area contributed by atoms with Gasteiger partial charge in [0, 0.05) is 0 Å². The Morgan fingerprint density at radius 2 is 1.15 bits per heavy atom. The van der Waals surface area contributed by atoms with Gasteiger partial charge in [-0.05, 0) is 0 Å². The first-order valence-electron chi connectivity index (χ1n) is 2.55. The van der Waals surface area contributed by atoms with Gasteiger partial charge in [-0.3, -0.25) is 0 Å². The van der Waals surface area contributed by atoms with Crippen molar-refractivity contribution in [1.29, 1.82) is 0 Å². The van der Waals surface area contributed by atoms with Crippen molar-refractivity contribution in [2.24, 2.45) is 0 Å². The summed E-state index contributed by atoms with van der Waals surface area (Å²) in [5.41, 5.74) is 0. The molecule has 80 valence electrons. The molecule has 2 unspecified atom stereocenters. The first kappa shape index (κ1) is 13.1. The summed E-state index contributed by atoms with van der Waals surface area (Å²) in [7, 11) is 0. The summed E-state index contributed by atoms with van der Waals surface area (Å²) in [6.45, 7) is 0. The van der Waals surface area contributed by atoms with Crippen LogP contribution >= 0.6 is 23.2 Å². The molecule has 9 heteroatoms. The van der Waals surface area contributed by atoms with Gasteiger partial charge in [-0.1, -0.05) is 23.2 Å². The second-order valence-corrected chi connectivity index (χ2v) is 3.07. The van der Waals surface area contributed by atoms with E-state index in [4.69, 9.17) is 0 Å². The zero-order valence-corrected chi connectivity index (χ0v) is 6.99. The summed E-state index contributed by atoms with van der Waals surface area (Å²) in [4.78, 5) is 0. The van der Waals surface area contributed by atoms with Crippen LogP contribution in [0.2, 0.25) is 0 Å². The van der Waals surface area contributed by atoms with Crippen molar-refractivity contribution >= 4 is 23.2 Å². The summed E-state index contributed by atoms with van der Waals surface area (Å²) < 4.78 is 82.1. The molecule has 0 aliphatic rings. The Morgan fingerprint density at radius 1 is 0.846 bits per heavy atom. The molecule has 0 rings (SSSR count). The normalized spacial score (nSPS) is 22.6. The number of hydrogen-bond acceptors (Lipinski definition) is 0. The van der Waals surface area contributed by atoms with Crippen molar-refractivity contribution in [1.82, 2.24) is 0 Å². The van der Waals surface area contributed by atoms with Crippen LogP contribution in [0.1, 0.15) is 0 Å². The first-order valence-corrected chi connectivity index (χ1v) is 3.30. The molecule has 0 saturated heterocycles. The lowest BCUT2D eigenvalue weighted by molar-refractivity contribution is -0.238. The molecule has 0 aromatic heterocycles. The lowest BCUT2D eigenvalue weighted by Crippen LogP contribution is -2.54. The van der Waals surface area contributed by atoms with Gasteiger partial charge < -0.3 is 0 Å². The predicted molar refractivity (Wildman–Crippen MR) is 31.4 cm³/mol. The van der Waals surface area contributed by atoms with Gasteiger partial charge >= 0.3 is 11.3 Å². The largest absolute Gasteiger partial charge is 0.441 e. The topological polar surface area (TPSA) is 0 Å². The van der Waals surface area contributed by atoms with E-state index in [1.807, 2.05) is 0 Å². The van der Waals surface area contributed by atoms with E-state index in [-0.39, 0.29) is 0 Å². The minimum absolute atomic E-state index is 3.92. The van der Waals surface area contributed by atoms with Crippen LogP contribution in [0.5, 0.6) is 0 Å². The predicted octanol–water partition coefficient (Wildman–Crippen LogP) is 3.62. The molecule has 0 bridgehead atoms. The van der Waals surface area contributed by atoms with Gasteiger partial charge in [0.15, 0.2) is 0 Å². The molecule has 2 atom stereocenters. The minimum atomic E-state index is -6.03. The van der Waals surface area contributed by atoms with E-state index in [0.717, 1.165) is 0 Å². The SMILES string of the molecule is FC(F)C(F)(Cl)C(F)(Cl)C(F)(F)F. The van der Waals surface area contributed by atoms with Gasteiger partial charge in [-0.15, -0.1) is 0 Å². The molecule has 0 heterocycles. The van der Waals surface area contributed by atoms with Crippen molar-refractivity contribution in [3.8, 4) is 0 Å². The Bertz CT molecular complexity index is 183. The molecule has 0 fully saturated rings.